The number of sulfone groups is 1. The van der Waals surface area contributed by atoms with Crippen molar-refractivity contribution in [1.29, 1.82) is 0 Å². The van der Waals surface area contributed by atoms with Gasteiger partial charge in [0, 0.05) is 18.5 Å². The van der Waals surface area contributed by atoms with Crippen molar-refractivity contribution in [2.24, 2.45) is 0 Å². The molecule has 0 fully saturated rings. The molecule has 1 aromatic carbocycles. The Labute approximate surface area is 85.1 Å². The van der Waals surface area contributed by atoms with Crippen molar-refractivity contribution in [2.45, 2.75) is 12.7 Å². The van der Waals surface area contributed by atoms with Gasteiger partial charge in [-0.3, -0.25) is 0 Å². The zero-order chi connectivity index (χ0) is 10.6. The molecule has 3 nitrogen and oxygen atoms in total. The molecule has 1 rings (SSSR count). The third-order valence-corrected chi connectivity index (χ3v) is 2.62. The Hall–Kier alpha value is -1.03. The van der Waals surface area contributed by atoms with E-state index in [4.69, 9.17) is 0 Å². The first-order valence-corrected chi connectivity index (χ1v) is 6.58. The summed E-state index contributed by atoms with van der Waals surface area (Å²) in [6.45, 7) is 2.88. The molecule has 0 saturated carbocycles. The van der Waals surface area contributed by atoms with Gasteiger partial charge in [-0.05, 0) is 24.6 Å². The van der Waals surface area contributed by atoms with Gasteiger partial charge in [0.05, 0.1) is 5.75 Å². The summed E-state index contributed by atoms with van der Waals surface area (Å²) in [7, 11) is -2.92. The third kappa shape index (κ3) is 3.79. The van der Waals surface area contributed by atoms with Crippen LogP contribution in [0.4, 0.5) is 5.69 Å². The Morgan fingerprint density at radius 3 is 2.21 bits per heavy atom. The summed E-state index contributed by atoms with van der Waals surface area (Å²) in [6, 6.07) is 7.45. The van der Waals surface area contributed by atoms with Crippen LogP contribution in [-0.4, -0.2) is 21.2 Å². The third-order valence-electron chi connectivity index (χ3n) is 1.76. The highest BCUT2D eigenvalue weighted by Gasteiger charge is 2.03. The van der Waals surface area contributed by atoms with Gasteiger partial charge < -0.3 is 5.32 Å². The number of rotatable bonds is 4. The maximum atomic E-state index is 11.0. The average Bonchev–Trinajstić information content (AvgIpc) is 2.06. The summed E-state index contributed by atoms with van der Waals surface area (Å²) in [6.07, 6.45) is 1.24. The Kier molecular flexibility index (Phi) is 3.52. The van der Waals surface area contributed by atoms with Crippen molar-refractivity contribution in [3.05, 3.63) is 29.8 Å². The molecular formula is C10H15NO2S. The lowest BCUT2D eigenvalue weighted by atomic mass is 10.2. The van der Waals surface area contributed by atoms with Crippen molar-refractivity contribution in [3.63, 3.8) is 0 Å². The average molecular weight is 213 g/mol. The molecule has 14 heavy (non-hydrogen) atoms. The molecule has 78 valence electrons. The number of benzene rings is 1. The van der Waals surface area contributed by atoms with E-state index in [0.29, 0.717) is 0 Å². The van der Waals surface area contributed by atoms with Gasteiger partial charge in [-0.2, -0.15) is 0 Å². The molecular weight excluding hydrogens is 198 g/mol. The van der Waals surface area contributed by atoms with Crippen molar-refractivity contribution in [3.8, 4) is 0 Å². The van der Waals surface area contributed by atoms with Crippen LogP contribution in [0, 0.1) is 0 Å². The van der Waals surface area contributed by atoms with E-state index in [1.807, 2.05) is 31.2 Å². The first kappa shape index (κ1) is 11.0. The van der Waals surface area contributed by atoms with E-state index < -0.39 is 9.84 Å². The lowest BCUT2D eigenvalue weighted by molar-refractivity contribution is 0.601. The SMILES string of the molecule is CCNc1ccc(CS(C)(=O)=O)cc1. The summed E-state index contributed by atoms with van der Waals surface area (Å²) >= 11 is 0. The molecule has 1 aromatic rings. The first-order chi connectivity index (χ1) is 6.51. The highest BCUT2D eigenvalue weighted by atomic mass is 32.2. The maximum Gasteiger partial charge on any atom is 0.151 e. The van der Waals surface area contributed by atoms with Gasteiger partial charge >= 0.3 is 0 Å². The fourth-order valence-electron chi connectivity index (χ4n) is 1.23. The van der Waals surface area contributed by atoms with Crippen LogP contribution in [0.3, 0.4) is 0 Å². The fourth-order valence-corrected chi connectivity index (χ4v) is 2.02. The van der Waals surface area contributed by atoms with E-state index in [2.05, 4.69) is 5.32 Å². The first-order valence-electron chi connectivity index (χ1n) is 4.52. The van der Waals surface area contributed by atoms with E-state index in [1.54, 1.807) is 0 Å². The smallest absolute Gasteiger partial charge is 0.151 e. The van der Waals surface area contributed by atoms with Crippen molar-refractivity contribution >= 4 is 15.5 Å². The molecule has 0 saturated heterocycles. The molecule has 0 atom stereocenters. The molecule has 0 heterocycles. The molecule has 0 spiro atoms. The molecule has 0 amide bonds. The van der Waals surface area contributed by atoms with Crippen LogP contribution in [0.5, 0.6) is 0 Å². The predicted octanol–water partition coefficient (Wildman–Crippen LogP) is 1.66. The molecule has 4 heteroatoms. The van der Waals surface area contributed by atoms with Crippen LogP contribution in [-0.2, 0) is 15.6 Å². The minimum atomic E-state index is -2.92. The van der Waals surface area contributed by atoms with E-state index in [9.17, 15) is 8.42 Å². The summed E-state index contributed by atoms with van der Waals surface area (Å²) in [5.41, 5.74) is 1.85. The van der Waals surface area contributed by atoms with E-state index in [-0.39, 0.29) is 5.75 Å². The predicted molar refractivity (Wildman–Crippen MR) is 59.2 cm³/mol. The topological polar surface area (TPSA) is 46.2 Å². The zero-order valence-corrected chi connectivity index (χ0v) is 9.26. The number of anilines is 1. The van der Waals surface area contributed by atoms with Gasteiger partial charge in [0.15, 0.2) is 9.84 Å². The Morgan fingerprint density at radius 2 is 1.79 bits per heavy atom. The summed E-state index contributed by atoms with van der Waals surface area (Å²) in [5, 5.41) is 3.15. The number of hydrogen-bond donors (Lipinski definition) is 1. The number of nitrogens with one attached hydrogen (secondary N) is 1. The van der Waals surface area contributed by atoms with Gasteiger partial charge in [0.25, 0.3) is 0 Å². The highest BCUT2D eigenvalue weighted by Crippen LogP contribution is 2.11. The standard InChI is InChI=1S/C10H15NO2S/c1-3-11-10-6-4-9(5-7-10)8-14(2,12)13/h4-7,11H,3,8H2,1-2H3. The van der Waals surface area contributed by atoms with Crippen molar-refractivity contribution in [2.75, 3.05) is 18.1 Å². The van der Waals surface area contributed by atoms with E-state index in [1.165, 1.54) is 6.26 Å². The van der Waals surface area contributed by atoms with Crippen LogP contribution >= 0.6 is 0 Å². The van der Waals surface area contributed by atoms with Crippen LogP contribution in [0.2, 0.25) is 0 Å². The van der Waals surface area contributed by atoms with Crippen molar-refractivity contribution in [1.82, 2.24) is 0 Å². The quantitative estimate of drug-likeness (QED) is 0.827. The Morgan fingerprint density at radius 1 is 1.21 bits per heavy atom. The fraction of sp³-hybridized carbons (Fsp3) is 0.400. The highest BCUT2D eigenvalue weighted by molar-refractivity contribution is 7.89. The van der Waals surface area contributed by atoms with Gasteiger partial charge in [-0.15, -0.1) is 0 Å². The lowest BCUT2D eigenvalue weighted by Gasteiger charge is -2.04. The minimum absolute atomic E-state index is 0.111. The maximum absolute atomic E-state index is 11.0. The molecule has 0 unspecified atom stereocenters. The Balaban J connectivity index is 2.74. The second kappa shape index (κ2) is 4.46. The molecule has 0 aromatic heterocycles. The largest absolute Gasteiger partial charge is 0.385 e. The second-order valence-corrected chi connectivity index (χ2v) is 5.44. The summed E-state index contributed by atoms with van der Waals surface area (Å²) in [5.74, 6) is 0.111. The monoisotopic (exact) mass is 213 g/mol. The molecule has 0 aliphatic heterocycles. The number of hydrogen-bond acceptors (Lipinski definition) is 3. The van der Waals surface area contributed by atoms with Gasteiger partial charge in [0.2, 0.25) is 0 Å². The van der Waals surface area contributed by atoms with Gasteiger partial charge in [0.1, 0.15) is 0 Å². The molecule has 0 aliphatic rings. The van der Waals surface area contributed by atoms with Crippen LogP contribution in [0.25, 0.3) is 0 Å². The molecule has 1 N–H and O–H groups in total. The lowest BCUT2D eigenvalue weighted by Crippen LogP contribution is -2.01. The summed E-state index contributed by atoms with van der Waals surface area (Å²) < 4.78 is 22.0. The Bertz CT molecular complexity index is 381. The van der Waals surface area contributed by atoms with Crippen molar-refractivity contribution < 1.29 is 8.42 Å². The second-order valence-electron chi connectivity index (χ2n) is 3.30. The zero-order valence-electron chi connectivity index (χ0n) is 8.45. The summed E-state index contributed by atoms with van der Waals surface area (Å²) in [4.78, 5) is 0. The van der Waals surface area contributed by atoms with Crippen LogP contribution in [0.1, 0.15) is 12.5 Å². The van der Waals surface area contributed by atoms with Crippen LogP contribution < -0.4 is 5.32 Å². The molecule has 0 aliphatic carbocycles. The molecule has 0 bridgehead atoms. The van der Waals surface area contributed by atoms with E-state index in [0.717, 1.165) is 17.8 Å². The van der Waals surface area contributed by atoms with Gasteiger partial charge in [-0.1, -0.05) is 12.1 Å². The normalized spacial score (nSPS) is 11.3. The van der Waals surface area contributed by atoms with Crippen LogP contribution in [0.15, 0.2) is 24.3 Å². The minimum Gasteiger partial charge on any atom is -0.385 e. The van der Waals surface area contributed by atoms with Gasteiger partial charge in [-0.25, -0.2) is 8.42 Å². The molecule has 0 radical (unpaired) electrons. The van der Waals surface area contributed by atoms with E-state index >= 15 is 0 Å².